The van der Waals surface area contributed by atoms with Gasteiger partial charge in [0.1, 0.15) is 0 Å². The Bertz CT molecular complexity index is 216. The molecular weight excluding hydrogens is 222 g/mol. The predicted octanol–water partition coefficient (Wildman–Crippen LogP) is 1.79. The summed E-state index contributed by atoms with van der Waals surface area (Å²) in [6.45, 7) is 13.6. The molecule has 0 unspecified atom stereocenters. The van der Waals surface area contributed by atoms with Crippen molar-refractivity contribution in [2.45, 2.75) is 45.6 Å². The first kappa shape index (κ1) is 14.3. The third kappa shape index (κ3) is 4.87. The van der Waals surface area contributed by atoms with E-state index in [1.54, 1.807) is 0 Å². The van der Waals surface area contributed by atoms with Gasteiger partial charge < -0.3 is 15.1 Å². The average molecular weight is 253 g/mol. The summed E-state index contributed by atoms with van der Waals surface area (Å²) < 4.78 is 0. The van der Waals surface area contributed by atoms with E-state index in [1.807, 2.05) is 0 Å². The minimum atomic E-state index is 0.774. The zero-order chi connectivity index (χ0) is 12.8. The van der Waals surface area contributed by atoms with Crippen LogP contribution in [-0.4, -0.2) is 61.7 Å². The molecule has 106 valence electrons. The van der Waals surface area contributed by atoms with E-state index < -0.39 is 0 Å². The summed E-state index contributed by atoms with van der Waals surface area (Å²) in [6, 6.07) is 0.774. The lowest BCUT2D eigenvalue weighted by molar-refractivity contribution is 0.178. The van der Waals surface area contributed by atoms with Gasteiger partial charge in [0.2, 0.25) is 0 Å². The van der Waals surface area contributed by atoms with Crippen LogP contribution in [0.2, 0.25) is 0 Å². The lowest BCUT2D eigenvalue weighted by atomic mass is 10.0. The van der Waals surface area contributed by atoms with Gasteiger partial charge >= 0.3 is 0 Å². The smallest absolute Gasteiger partial charge is 0.0107 e. The van der Waals surface area contributed by atoms with Crippen LogP contribution in [0.15, 0.2) is 0 Å². The molecule has 3 heteroatoms. The molecule has 0 aliphatic carbocycles. The van der Waals surface area contributed by atoms with Crippen molar-refractivity contribution in [3.8, 4) is 0 Å². The molecule has 1 N–H and O–H groups in total. The normalized spacial score (nSPS) is 24.2. The Hall–Kier alpha value is -0.120. The molecule has 2 aliphatic rings. The van der Waals surface area contributed by atoms with Crippen LogP contribution in [0.3, 0.4) is 0 Å². The first-order valence-corrected chi connectivity index (χ1v) is 7.92. The molecule has 0 bridgehead atoms. The number of piperidine rings is 1. The van der Waals surface area contributed by atoms with Crippen molar-refractivity contribution in [3.05, 3.63) is 0 Å². The van der Waals surface area contributed by atoms with Gasteiger partial charge in [0.15, 0.2) is 0 Å². The van der Waals surface area contributed by atoms with Crippen LogP contribution in [0.4, 0.5) is 0 Å². The van der Waals surface area contributed by atoms with Gasteiger partial charge in [0, 0.05) is 25.7 Å². The Morgan fingerprint density at radius 3 is 2.28 bits per heavy atom. The Labute approximate surface area is 113 Å². The van der Waals surface area contributed by atoms with E-state index in [4.69, 9.17) is 0 Å². The Morgan fingerprint density at radius 1 is 1.00 bits per heavy atom. The zero-order valence-corrected chi connectivity index (χ0v) is 12.3. The minimum Gasteiger partial charge on any atom is -0.313 e. The fraction of sp³-hybridized carbons (Fsp3) is 1.00. The van der Waals surface area contributed by atoms with E-state index in [2.05, 4.69) is 29.0 Å². The van der Waals surface area contributed by atoms with Gasteiger partial charge in [0.25, 0.3) is 0 Å². The van der Waals surface area contributed by atoms with Crippen molar-refractivity contribution < 1.29 is 0 Å². The monoisotopic (exact) mass is 253 g/mol. The summed E-state index contributed by atoms with van der Waals surface area (Å²) >= 11 is 0. The lowest BCUT2D eigenvalue weighted by Gasteiger charge is -2.33. The average Bonchev–Trinajstić information content (AvgIpc) is 2.84. The Morgan fingerprint density at radius 2 is 1.67 bits per heavy atom. The van der Waals surface area contributed by atoms with E-state index in [-0.39, 0.29) is 0 Å². The van der Waals surface area contributed by atoms with Gasteiger partial charge in [-0.05, 0) is 57.8 Å². The van der Waals surface area contributed by atoms with Crippen molar-refractivity contribution in [2.24, 2.45) is 5.92 Å². The molecule has 0 aromatic heterocycles. The maximum atomic E-state index is 3.75. The molecule has 2 aliphatic heterocycles. The van der Waals surface area contributed by atoms with Gasteiger partial charge in [-0.2, -0.15) is 0 Å². The van der Waals surface area contributed by atoms with Crippen molar-refractivity contribution in [1.29, 1.82) is 0 Å². The van der Waals surface area contributed by atoms with Crippen LogP contribution in [0, 0.1) is 5.92 Å². The number of rotatable bonds is 6. The fourth-order valence-electron chi connectivity index (χ4n) is 3.27. The molecule has 2 rings (SSSR count). The molecule has 3 nitrogen and oxygen atoms in total. The third-order valence-corrected chi connectivity index (χ3v) is 4.27. The zero-order valence-electron chi connectivity index (χ0n) is 12.3. The summed E-state index contributed by atoms with van der Waals surface area (Å²) in [6.07, 6.45) is 5.50. The van der Waals surface area contributed by atoms with Crippen molar-refractivity contribution in [3.63, 3.8) is 0 Å². The van der Waals surface area contributed by atoms with E-state index in [0.29, 0.717) is 0 Å². The van der Waals surface area contributed by atoms with Gasteiger partial charge in [-0.3, -0.25) is 0 Å². The third-order valence-electron chi connectivity index (χ3n) is 4.27. The second-order valence-corrected chi connectivity index (χ2v) is 6.47. The van der Waals surface area contributed by atoms with E-state index in [1.165, 1.54) is 71.5 Å². The number of nitrogens with one attached hydrogen (secondary N) is 1. The molecule has 0 aromatic rings. The molecule has 18 heavy (non-hydrogen) atoms. The van der Waals surface area contributed by atoms with Crippen molar-refractivity contribution in [2.75, 3.05) is 45.8 Å². The predicted molar refractivity (Wildman–Crippen MR) is 78.0 cm³/mol. The summed E-state index contributed by atoms with van der Waals surface area (Å²) in [5.74, 6) is 0.810. The molecule has 0 aromatic carbocycles. The SMILES string of the molecule is CC(C)CN1CCC(NCCN2CCCC2)CC1. The van der Waals surface area contributed by atoms with E-state index in [9.17, 15) is 0 Å². The molecular formula is C15H31N3. The highest BCUT2D eigenvalue weighted by Gasteiger charge is 2.19. The molecule has 0 spiro atoms. The molecule has 0 radical (unpaired) electrons. The minimum absolute atomic E-state index is 0.774. The molecule has 0 amide bonds. The first-order chi connectivity index (χ1) is 8.74. The Balaban J connectivity index is 1.53. The molecule has 0 atom stereocenters. The number of hydrogen-bond acceptors (Lipinski definition) is 3. The number of likely N-dealkylation sites (tertiary alicyclic amines) is 2. The number of nitrogens with zero attached hydrogens (tertiary/aromatic N) is 2. The summed E-state index contributed by atoms with van der Waals surface area (Å²) in [5.41, 5.74) is 0. The Kier molecular flexibility index (Phi) is 5.93. The van der Waals surface area contributed by atoms with E-state index in [0.717, 1.165) is 12.0 Å². The van der Waals surface area contributed by atoms with Crippen LogP contribution in [0.1, 0.15) is 39.5 Å². The summed E-state index contributed by atoms with van der Waals surface area (Å²) in [5, 5.41) is 3.75. The molecule has 2 fully saturated rings. The second kappa shape index (κ2) is 7.46. The molecule has 2 heterocycles. The van der Waals surface area contributed by atoms with Gasteiger partial charge in [0.05, 0.1) is 0 Å². The first-order valence-electron chi connectivity index (χ1n) is 7.92. The standard InChI is InChI=1S/C15H31N3/c1-14(2)13-18-10-5-15(6-11-18)16-7-12-17-8-3-4-9-17/h14-16H,3-13H2,1-2H3. The van der Waals surface area contributed by atoms with Crippen molar-refractivity contribution in [1.82, 2.24) is 15.1 Å². The van der Waals surface area contributed by atoms with Gasteiger partial charge in [-0.15, -0.1) is 0 Å². The van der Waals surface area contributed by atoms with Crippen LogP contribution in [0.25, 0.3) is 0 Å². The summed E-state index contributed by atoms with van der Waals surface area (Å²) in [7, 11) is 0. The van der Waals surface area contributed by atoms with Gasteiger partial charge in [-0.25, -0.2) is 0 Å². The highest BCUT2D eigenvalue weighted by atomic mass is 15.2. The highest BCUT2D eigenvalue weighted by molar-refractivity contribution is 4.78. The van der Waals surface area contributed by atoms with Gasteiger partial charge in [-0.1, -0.05) is 13.8 Å². The summed E-state index contributed by atoms with van der Waals surface area (Å²) in [4.78, 5) is 5.23. The second-order valence-electron chi connectivity index (χ2n) is 6.47. The van der Waals surface area contributed by atoms with E-state index >= 15 is 0 Å². The largest absolute Gasteiger partial charge is 0.313 e. The maximum Gasteiger partial charge on any atom is 0.0107 e. The fourth-order valence-corrected chi connectivity index (χ4v) is 3.27. The maximum absolute atomic E-state index is 3.75. The van der Waals surface area contributed by atoms with Crippen LogP contribution >= 0.6 is 0 Å². The molecule has 2 saturated heterocycles. The number of hydrogen-bond donors (Lipinski definition) is 1. The van der Waals surface area contributed by atoms with Crippen LogP contribution in [-0.2, 0) is 0 Å². The highest BCUT2D eigenvalue weighted by Crippen LogP contribution is 2.12. The van der Waals surface area contributed by atoms with Crippen molar-refractivity contribution >= 4 is 0 Å². The van der Waals surface area contributed by atoms with Crippen LogP contribution in [0.5, 0.6) is 0 Å². The quantitative estimate of drug-likeness (QED) is 0.778. The lowest BCUT2D eigenvalue weighted by Crippen LogP contribution is -2.45. The molecule has 0 saturated carbocycles. The van der Waals surface area contributed by atoms with Crippen LogP contribution < -0.4 is 5.32 Å². The topological polar surface area (TPSA) is 18.5 Å².